The minimum absolute atomic E-state index is 0.0224. The van der Waals surface area contributed by atoms with Gasteiger partial charge in [-0.1, -0.05) is 42.1 Å². The van der Waals surface area contributed by atoms with Crippen molar-refractivity contribution in [3.63, 3.8) is 0 Å². The van der Waals surface area contributed by atoms with Crippen LogP contribution in [0.4, 0.5) is 9.18 Å². The number of halogens is 3. The number of thioether (sulfide) groups is 1. The first-order valence-corrected chi connectivity index (χ1v) is 17.8. The highest BCUT2D eigenvalue weighted by Crippen LogP contribution is 2.33. The van der Waals surface area contributed by atoms with Crippen molar-refractivity contribution in [1.29, 1.82) is 0 Å². The molecule has 5 rings (SSSR count). The van der Waals surface area contributed by atoms with Crippen molar-refractivity contribution >= 4 is 75.7 Å². The molecule has 48 heavy (non-hydrogen) atoms. The van der Waals surface area contributed by atoms with Gasteiger partial charge in [0.2, 0.25) is 11.8 Å². The summed E-state index contributed by atoms with van der Waals surface area (Å²) in [5.74, 6) is -0.348. The molecule has 1 unspecified atom stereocenters. The lowest BCUT2D eigenvalue weighted by Crippen LogP contribution is -2.40. The van der Waals surface area contributed by atoms with Crippen molar-refractivity contribution in [3.8, 4) is 0 Å². The quantitative estimate of drug-likeness (QED) is 0.0641. The summed E-state index contributed by atoms with van der Waals surface area (Å²) in [5, 5.41) is 15.4. The van der Waals surface area contributed by atoms with Gasteiger partial charge < -0.3 is 16.0 Å². The smallest absolute Gasteiger partial charge is 0.315 e. The highest BCUT2D eigenvalue weighted by Gasteiger charge is 2.42. The molecule has 2 aliphatic heterocycles. The summed E-state index contributed by atoms with van der Waals surface area (Å²) in [4.78, 5) is 48.2. The van der Waals surface area contributed by atoms with Gasteiger partial charge in [0.1, 0.15) is 5.82 Å². The molecule has 5 amide bonds. The Hall–Kier alpha value is -3.81. The van der Waals surface area contributed by atoms with Gasteiger partial charge in [-0.3, -0.25) is 29.9 Å². The van der Waals surface area contributed by atoms with Gasteiger partial charge in [-0.25, -0.2) is 9.18 Å². The number of hydrogen-bond donors (Lipinski definition) is 5. The average Bonchev–Trinajstić information content (AvgIpc) is 3.72. The third-order valence-corrected chi connectivity index (χ3v) is 10.4. The molecule has 0 spiro atoms. The Morgan fingerprint density at radius 2 is 1.81 bits per heavy atom. The molecule has 1 aromatic heterocycles. The van der Waals surface area contributed by atoms with Gasteiger partial charge in [-0.2, -0.15) is 16.9 Å². The lowest BCUT2D eigenvalue weighted by Gasteiger charge is -2.16. The molecule has 2 aliphatic rings. The lowest BCUT2D eigenvalue weighted by atomic mass is 10.0. The number of benzene rings is 2. The number of nitrogens with one attached hydrogen (secondary N) is 5. The van der Waals surface area contributed by atoms with E-state index in [-0.39, 0.29) is 42.9 Å². The number of carbonyl (C=O) groups excluding carboxylic acids is 4. The van der Waals surface area contributed by atoms with Crippen molar-refractivity contribution in [2.45, 2.75) is 75.2 Å². The number of aromatic nitrogens is 2. The molecule has 11 nitrogen and oxygen atoms in total. The van der Waals surface area contributed by atoms with E-state index < -0.39 is 11.7 Å². The monoisotopic (exact) mass is 717 g/mol. The summed E-state index contributed by atoms with van der Waals surface area (Å²) in [5.41, 5.74) is 6.48. The van der Waals surface area contributed by atoms with Crippen LogP contribution in [0.25, 0.3) is 17.0 Å². The first-order chi connectivity index (χ1) is 23.2. The Labute approximate surface area is 292 Å². The largest absolute Gasteiger partial charge is 0.356 e. The highest BCUT2D eigenvalue weighted by molar-refractivity contribution is 8.00. The van der Waals surface area contributed by atoms with Gasteiger partial charge in [0.15, 0.2) is 0 Å². The van der Waals surface area contributed by atoms with Crippen LogP contribution in [0.3, 0.4) is 0 Å². The van der Waals surface area contributed by atoms with Crippen LogP contribution in [0.5, 0.6) is 0 Å². The Balaban J connectivity index is 0.949. The van der Waals surface area contributed by atoms with Crippen molar-refractivity contribution in [1.82, 2.24) is 36.6 Å². The number of carbonyl (C=O) groups is 4. The Morgan fingerprint density at radius 3 is 2.65 bits per heavy atom. The molecular formula is C33H38Cl2FN7O4S. The van der Waals surface area contributed by atoms with Crippen molar-refractivity contribution in [2.24, 2.45) is 0 Å². The van der Waals surface area contributed by atoms with Crippen molar-refractivity contribution in [2.75, 3.05) is 12.3 Å². The Bertz CT molecular complexity index is 1690. The molecule has 3 atom stereocenters. The van der Waals surface area contributed by atoms with Gasteiger partial charge >= 0.3 is 6.03 Å². The fourth-order valence-corrected chi connectivity index (χ4v) is 7.81. The van der Waals surface area contributed by atoms with Gasteiger partial charge in [0.25, 0.3) is 5.91 Å². The highest BCUT2D eigenvalue weighted by atomic mass is 35.5. The van der Waals surface area contributed by atoms with Crippen molar-refractivity contribution < 1.29 is 23.6 Å². The molecule has 3 aromatic rings. The SMILES string of the molecule is O=C(/C=C/c1nn(Cc2ccc(Cl)cc2Cl)c2cc(F)ccc12)NNC(=O)CCCCCNC(=O)CCCCC1SC[C@@H]2NC(=O)N[C@H]12. The molecule has 0 saturated carbocycles. The maximum absolute atomic E-state index is 14.1. The van der Waals surface area contributed by atoms with Crippen LogP contribution < -0.4 is 26.8 Å². The van der Waals surface area contributed by atoms with E-state index in [1.165, 1.54) is 24.3 Å². The summed E-state index contributed by atoms with van der Waals surface area (Å²) in [6.45, 7) is 0.812. The zero-order valence-electron chi connectivity index (χ0n) is 26.2. The maximum atomic E-state index is 14.1. The maximum Gasteiger partial charge on any atom is 0.315 e. The molecule has 0 aliphatic carbocycles. The second-order valence-corrected chi connectivity index (χ2v) is 14.0. The molecular weight excluding hydrogens is 680 g/mol. The van der Waals surface area contributed by atoms with E-state index in [9.17, 15) is 23.6 Å². The molecule has 15 heteroatoms. The summed E-state index contributed by atoms with van der Waals surface area (Å²) >= 11 is 14.2. The predicted molar refractivity (Wildman–Crippen MR) is 186 cm³/mol. The first-order valence-electron chi connectivity index (χ1n) is 16.0. The predicted octanol–water partition coefficient (Wildman–Crippen LogP) is 5.09. The van der Waals surface area contributed by atoms with Gasteiger partial charge in [0.05, 0.1) is 29.8 Å². The van der Waals surface area contributed by atoms with E-state index in [1.807, 2.05) is 11.8 Å². The molecule has 3 heterocycles. The number of urea groups is 1. The van der Waals surface area contributed by atoms with Crippen LogP contribution in [-0.2, 0) is 20.9 Å². The second-order valence-electron chi connectivity index (χ2n) is 11.8. The van der Waals surface area contributed by atoms with E-state index in [1.54, 1.807) is 28.9 Å². The van der Waals surface area contributed by atoms with E-state index in [0.29, 0.717) is 51.3 Å². The molecule has 2 aromatic carbocycles. The third-order valence-electron chi connectivity index (χ3n) is 8.28. The van der Waals surface area contributed by atoms with Crippen LogP contribution in [0, 0.1) is 5.82 Å². The number of hydrazine groups is 1. The van der Waals surface area contributed by atoms with Crippen molar-refractivity contribution in [3.05, 3.63) is 69.6 Å². The molecule has 256 valence electrons. The number of unbranched alkanes of at least 4 members (excludes halogenated alkanes) is 3. The third kappa shape index (κ3) is 9.86. The van der Waals surface area contributed by atoms with Crippen LogP contribution in [0.1, 0.15) is 62.6 Å². The van der Waals surface area contributed by atoms with Gasteiger partial charge in [-0.15, -0.1) is 0 Å². The summed E-state index contributed by atoms with van der Waals surface area (Å²) in [7, 11) is 0. The van der Waals surface area contributed by atoms with Gasteiger partial charge in [-0.05, 0) is 67.7 Å². The van der Waals surface area contributed by atoms with Gasteiger partial charge in [0, 0.05) is 51.9 Å². The van der Waals surface area contributed by atoms with E-state index in [4.69, 9.17) is 23.2 Å². The van der Waals surface area contributed by atoms with Crippen LogP contribution in [0.2, 0.25) is 10.0 Å². The average molecular weight is 719 g/mol. The van der Waals surface area contributed by atoms with Crippen LogP contribution in [0.15, 0.2) is 42.5 Å². The van der Waals surface area contributed by atoms with E-state index in [0.717, 1.165) is 43.4 Å². The standard InChI is InChI=1S/C33H38Cl2FN7O4S/c34-21-10-9-20(24(35)16-21)18-43-27-17-22(36)11-12-23(27)25(42-43)13-14-31(46)41-40-30(45)8-2-1-5-15-37-29(44)7-4-3-6-28-32-26(19-48-28)38-33(47)39-32/h9-14,16-17,26,28,32H,1-8,15,18-19H2,(H,37,44)(H,40,45)(H,41,46)(H2,38,39,47)/b14-13+/t26-,28?,32-/m0/s1. The number of rotatable bonds is 15. The number of hydrogen-bond acceptors (Lipinski definition) is 6. The minimum atomic E-state index is -0.551. The summed E-state index contributed by atoms with van der Waals surface area (Å²) in [6, 6.07) is 9.70. The normalized spacial score (nSPS) is 18.5. The number of amides is 5. The van der Waals surface area contributed by atoms with Crippen LogP contribution >= 0.6 is 35.0 Å². The second kappa shape index (κ2) is 17.0. The topological polar surface area (TPSA) is 146 Å². The first kappa shape index (κ1) is 35.5. The molecule has 2 saturated heterocycles. The Kier molecular flexibility index (Phi) is 12.6. The molecule has 2 fully saturated rings. The lowest BCUT2D eigenvalue weighted by molar-refractivity contribution is -0.126. The molecule has 0 bridgehead atoms. The van der Waals surface area contributed by atoms with E-state index in [2.05, 4.69) is 31.9 Å². The van der Waals surface area contributed by atoms with Crippen LogP contribution in [-0.4, -0.2) is 63.2 Å². The molecule has 0 radical (unpaired) electrons. The molecule has 5 N–H and O–H groups in total. The summed E-state index contributed by atoms with van der Waals surface area (Å²) in [6.07, 6.45) is 8.26. The zero-order valence-corrected chi connectivity index (χ0v) is 28.5. The fraction of sp³-hybridized carbons (Fsp3) is 0.424. The minimum Gasteiger partial charge on any atom is -0.356 e. The summed E-state index contributed by atoms with van der Waals surface area (Å²) < 4.78 is 15.7. The fourth-order valence-electron chi connectivity index (χ4n) is 5.80. The Morgan fingerprint density at radius 1 is 1.00 bits per heavy atom. The van der Waals surface area contributed by atoms with E-state index >= 15 is 0 Å². The zero-order chi connectivity index (χ0) is 34.0. The number of fused-ring (bicyclic) bond motifs is 2. The number of nitrogens with zero attached hydrogens (tertiary/aromatic N) is 2.